The first kappa shape index (κ1) is 29.9. The smallest absolute Gasteiger partial charge is 0.264 e. The van der Waals surface area contributed by atoms with E-state index in [1.807, 2.05) is 65.0 Å². The van der Waals surface area contributed by atoms with E-state index in [1.54, 1.807) is 30.3 Å². The molecule has 0 aliphatic heterocycles. The van der Waals surface area contributed by atoms with E-state index in [0.29, 0.717) is 18.7 Å². The fraction of sp³-hybridized carbons (Fsp3) is 0.355. The number of carbonyl (C=O) groups is 2. The highest BCUT2D eigenvalue weighted by molar-refractivity contribution is 7.92. The molecule has 3 aromatic carbocycles. The van der Waals surface area contributed by atoms with Crippen LogP contribution in [0.1, 0.15) is 48.9 Å². The van der Waals surface area contributed by atoms with E-state index >= 15 is 0 Å². The quantitative estimate of drug-likeness (QED) is 0.339. The molecule has 208 valence electrons. The maximum absolute atomic E-state index is 14.1. The minimum Gasteiger partial charge on any atom is -0.354 e. The molecule has 0 unspecified atom stereocenters. The summed E-state index contributed by atoms with van der Waals surface area (Å²) < 4.78 is 29.1. The molecule has 0 spiro atoms. The molecule has 39 heavy (non-hydrogen) atoms. The van der Waals surface area contributed by atoms with Gasteiger partial charge in [-0.15, -0.1) is 0 Å². The van der Waals surface area contributed by atoms with Gasteiger partial charge in [-0.1, -0.05) is 74.0 Å². The van der Waals surface area contributed by atoms with Crippen LogP contribution in [0, 0.1) is 20.8 Å². The first-order valence-corrected chi connectivity index (χ1v) is 14.8. The van der Waals surface area contributed by atoms with E-state index in [2.05, 4.69) is 5.32 Å². The lowest BCUT2D eigenvalue weighted by molar-refractivity contribution is -0.140. The number of carbonyl (C=O) groups excluding carboxylic acids is 2. The Morgan fingerprint density at radius 1 is 0.897 bits per heavy atom. The largest absolute Gasteiger partial charge is 0.354 e. The third kappa shape index (κ3) is 7.26. The summed E-state index contributed by atoms with van der Waals surface area (Å²) in [5.74, 6) is -0.694. The standard InChI is InChI=1S/C31H39N3O4S/c1-6-19-32-31(36)28(7-2)33(21-26-15-11-13-23(3)20-26)30(35)22-34(29-18-12-14-24(4)25(29)5)39(37,38)27-16-9-8-10-17-27/h8-18,20,28H,6-7,19,21-22H2,1-5H3,(H,32,36)/t28-/m1/s1. The first-order chi connectivity index (χ1) is 18.6. The molecule has 0 saturated carbocycles. The summed E-state index contributed by atoms with van der Waals surface area (Å²) in [5, 5.41) is 2.91. The fourth-order valence-corrected chi connectivity index (χ4v) is 6.02. The van der Waals surface area contributed by atoms with Crippen LogP contribution in [-0.2, 0) is 26.2 Å². The van der Waals surface area contributed by atoms with Crippen molar-refractivity contribution in [1.82, 2.24) is 10.2 Å². The van der Waals surface area contributed by atoms with Crippen LogP contribution in [0.2, 0.25) is 0 Å². The molecule has 0 saturated heterocycles. The lowest BCUT2D eigenvalue weighted by Gasteiger charge is -2.33. The van der Waals surface area contributed by atoms with Gasteiger partial charge in [0.2, 0.25) is 11.8 Å². The van der Waals surface area contributed by atoms with Gasteiger partial charge in [0.25, 0.3) is 10.0 Å². The SMILES string of the molecule is CCCNC(=O)[C@@H](CC)N(Cc1cccc(C)c1)C(=O)CN(c1cccc(C)c1C)S(=O)(=O)c1ccccc1. The van der Waals surface area contributed by atoms with E-state index in [4.69, 9.17) is 0 Å². The van der Waals surface area contributed by atoms with Crippen LogP contribution in [0.5, 0.6) is 0 Å². The topological polar surface area (TPSA) is 86.8 Å². The number of rotatable bonds is 12. The van der Waals surface area contributed by atoms with Gasteiger partial charge in [-0.25, -0.2) is 8.42 Å². The van der Waals surface area contributed by atoms with Gasteiger partial charge >= 0.3 is 0 Å². The maximum atomic E-state index is 14.1. The van der Waals surface area contributed by atoms with Gasteiger partial charge in [-0.05, 0) is 68.5 Å². The fourth-order valence-electron chi connectivity index (χ4n) is 4.53. The van der Waals surface area contributed by atoms with Crippen molar-refractivity contribution in [3.05, 3.63) is 95.1 Å². The van der Waals surface area contributed by atoms with Gasteiger partial charge in [0.15, 0.2) is 0 Å². The predicted molar refractivity (Wildman–Crippen MR) is 156 cm³/mol. The molecule has 1 atom stereocenters. The number of anilines is 1. The summed E-state index contributed by atoms with van der Waals surface area (Å²) in [4.78, 5) is 28.9. The average molecular weight is 550 g/mol. The first-order valence-electron chi connectivity index (χ1n) is 13.4. The van der Waals surface area contributed by atoms with Crippen molar-refractivity contribution in [2.75, 3.05) is 17.4 Å². The Balaban J connectivity index is 2.08. The van der Waals surface area contributed by atoms with Gasteiger partial charge in [-0.2, -0.15) is 0 Å². The van der Waals surface area contributed by atoms with Crippen molar-refractivity contribution in [1.29, 1.82) is 0 Å². The monoisotopic (exact) mass is 549 g/mol. The molecule has 0 aliphatic rings. The lowest BCUT2D eigenvalue weighted by Crippen LogP contribution is -2.52. The lowest BCUT2D eigenvalue weighted by atomic mass is 10.1. The van der Waals surface area contributed by atoms with Crippen LogP contribution in [-0.4, -0.2) is 44.3 Å². The molecule has 0 fully saturated rings. The minimum atomic E-state index is -4.08. The van der Waals surface area contributed by atoms with Crippen molar-refractivity contribution in [2.24, 2.45) is 0 Å². The molecule has 2 amide bonds. The number of nitrogens with one attached hydrogen (secondary N) is 1. The average Bonchev–Trinajstić information content (AvgIpc) is 2.92. The Labute approximate surface area is 232 Å². The number of sulfonamides is 1. The van der Waals surface area contributed by atoms with Crippen molar-refractivity contribution in [3.63, 3.8) is 0 Å². The van der Waals surface area contributed by atoms with Crippen molar-refractivity contribution in [3.8, 4) is 0 Å². The highest BCUT2D eigenvalue weighted by Crippen LogP contribution is 2.29. The van der Waals surface area contributed by atoms with E-state index < -0.39 is 28.5 Å². The van der Waals surface area contributed by atoms with Crippen LogP contribution in [0.4, 0.5) is 5.69 Å². The molecule has 3 aromatic rings. The summed E-state index contributed by atoms with van der Waals surface area (Å²) >= 11 is 0. The van der Waals surface area contributed by atoms with Gasteiger partial charge in [0.05, 0.1) is 10.6 Å². The van der Waals surface area contributed by atoms with Crippen LogP contribution in [0.15, 0.2) is 77.7 Å². The molecule has 3 rings (SSSR count). The highest BCUT2D eigenvalue weighted by Gasteiger charge is 2.34. The van der Waals surface area contributed by atoms with Gasteiger partial charge in [-0.3, -0.25) is 13.9 Å². The van der Waals surface area contributed by atoms with E-state index in [-0.39, 0.29) is 17.3 Å². The van der Waals surface area contributed by atoms with Crippen LogP contribution >= 0.6 is 0 Å². The second-order valence-corrected chi connectivity index (χ2v) is 11.6. The van der Waals surface area contributed by atoms with Crippen LogP contribution < -0.4 is 9.62 Å². The Morgan fingerprint density at radius 3 is 2.23 bits per heavy atom. The van der Waals surface area contributed by atoms with E-state index in [0.717, 1.165) is 28.7 Å². The van der Waals surface area contributed by atoms with Crippen molar-refractivity contribution >= 4 is 27.5 Å². The zero-order valence-corrected chi connectivity index (χ0v) is 24.3. The van der Waals surface area contributed by atoms with Gasteiger partial charge in [0, 0.05) is 13.1 Å². The molecule has 1 N–H and O–H groups in total. The predicted octanol–water partition coefficient (Wildman–Crippen LogP) is 5.14. The zero-order chi connectivity index (χ0) is 28.6. The summed E-state index contributed by atoms with van der Waals surface area (Å²) in [6.45, 7) is 9.79. The van der Waals surface area contributed by atoms with Crippen LogP contribution in [0.3, 0.4) is 0 Å². The highest BCUT2D eigenvalue weighted by atomic mass is 32.2. The molecular weight excluding hydrogens is 510 g/mol. The molecular formula is C31H39N3O4S. The summed E-state index contributed by atoms with van der Waals surface area (Å²) in [6.07, 6.45) is 1.16. The van der Waals surface area contributed by atoms with E-state index in [9.17, 15) is 18.0 Å². The normalized spacial score (nSPS) is 12.0. The molecule has 0 aliphatic carbocycles. The Hall–Kier alpha value is -3.65. The molecule has 8 heteroatoms. The van der Waals surface area contributed by atoms with Crippen molar-refractivity contribution in [2.45, 2.75) is 64.9 Å². The second-order valence-electron chi connectivity index (χ2n) is 9.77. The summed E-state index contributed by atoms with van der Waals surface area (Å²) in [6, 6.07) is 20.5. The summed E-state index contributed by atoms with van der Waals surface area (Å²) in [7, 11) is -4.08. The molecule has 0 heterocycles. The summed E-state index contributed by atoms with van der Waals surface area (Å²) in [5.41, 5.74) is 4.02. The number of hydrogen-bond acceptors (Lipinski definition) is 4. The number of nitrogens with zero attached hydrogens (tertiary/aromatic N) is 2. The van der Waals surface area contributed by atoms with E-state index in [1.165, 1.54) is 21.3 Å². The minimum absolute atomic E-state index is 0.0941. The molecule has 0 radical (unpaired) electrons. The van der Waals surface area contributed by atoms with Gasteiger partial charge in [0.1, 0.15) is 12.6 Å². The molecule has 0 aromatic heterocycles. The Kier molecular flexibility index (Phi) is 10.3. The number of benzene rings is 3. The maximum Gasteiger partial charge on any atom is 0.264 e. The number of amides is 2. The molecule has 7 nitrogen and oxygen atoms in total. The third-order valence-electron chi connectivity index (χ3n) is 6.83. The van der Waals surface area contributed by atoms with Crippen molar-refractivity contribution < 1.29 is 18.0 Å². The molecule has 0 bridgehead atoms. The van der Waals surface area contributed by atoms with Gasteiger partial charge < -0.3 is 10.2 Å². The Bertz CT molecular complexity index is 1390. The van der Waals surface area contributed by atoms with Crippen LogP contribution in [0.25, 0.3) is 0 Å². The second kappa shape index (κ2) is 13.4. The number of aryl methyl sites for hydroxylation is 2. The third-order valence-corrected chi connectivity index (χ3v) is 8.60. The Morgan fingerprint density at radius 2 is 1.59 bits per heavy atom. The number of hydrogen-bond donors (Lipinski definition) is 1. The zero-order valence-electron chi connectivity index (χ0n) is 23.5.